The maximum absolute atomic E-state index is 11.9. The molecule has 2 atom stereocenters. The highest BCUT2D eigenvalue weighted by Gasteiger charge is 2.43. The monoisotopic (exact) mass is 264 g/mol. The van der Waals surface area contributed by atoms with Crippen LogP contribution in [0.1, 0.15) is 13.3 Å². The molecule has 0 bridgehead atoms. The SMILES string of the molecule is CCOC1CC1C(=O)Nc1ccc(OCCN)cc1. The van der Waals surface area contributed by atoms with E-state index in [0.29, 0.717) is 19.8 Å². The standard InChI is InChI=1S/C14H20N2O3/c1-2-18-13-9-12(13)14(17)16-10-3-5-11(6-4-10)19-8-7-15/h3-6,12-13H,2,7-9,15H2,1H3,(H,16,17). The normalized spacial score (nSPS) is 20.9. The van der Waals surface area contributed by atoms with Gasteiger partial charge in [-0.05, 0) is 37.6 Å². The lowest BCUT2D eigenvalue weighted by molar-refractivity contribution is -0.118. The summed E-state index contributed by atoms with van der Waals surface area (Å²) in [4.78, 5) is 11.9. The smallest absolute Gasteiger partial charge is 0.230 e. The summed E-state index contributed by atoms with van der Waals surface area (Å²) in [7, 11) is 0. The van der Waals surface area contributed by atoms with Crippen LogP contribution in [0.15, 0.2) is 24.3 Å². The van der Waals surface area contributed by atoms with Crippen molar-refractivity contribution in [2.24, 2.45) is 11.7 Å². The van der Waals surface area contributed by atoms with Gasteiger partial charge in [0, 0.05) is 18.8 Å². The number of ether oxygens (including phenoxy) is 2. The van der Waals surface area contributed by atoms with Gasteiger partial charge >= 0.3 is 0 Å². The van der Waals surface area contributed by atoms with Crippen LogP contribution in [0.25, 0.3) is 0 Å². The van der Waals surface area contributed by atoms with E-state index in [2.05, 4.69) is 5.32 Å². The second-order valence-corrected chi connectivity index (χ2v) is 4.49. The minimum atomic E-state index is -0.00637. The molecule has 1 aromatic carbocycles. The van der Waals surface area contributed by atoms with E-state index in [0.717, 1.165) is 17.9 Å². The Morgan fingerprint density at radius 1 is 1.42 bits per heavy atom. The van der Waals surface area contributed by atoms with Crippen LogP contribution in [0.2, 0.25) is 0 Å². The Bertz CT molecular complexity index is 419. The number of benzene rings is 1. The van der Waals surface area contributed by atoms with Crippen molar-refractivity contribution in [1.82, 2.24) is 0 Å². The molecule has 5 heteroatoms. The Balaban J connectivity index is 1.81. The number of amides is 1. The van der Waals surface area contributed by atoms with E-state index in [-0.39, 0.29) is 17.9 Å². The third-order valence-electron chi connectivity index (χ3n) is 2.96. The Morgan fingerprint density at radius 2 is 2.16 bits per heavy atom. The average Bonchev–Trinajstić information content (AvgIpc) is 3.18. The van der Waals surface area contributed by atoms with Crippen LogP contribution in [-0.4, -0.2) is 31.8 Å². The summed E-state index contributed by atoms with van der Waals surface area (Å²) in [5, 5.41) is 2.88. The lowest BCUT2D eigenvalue weighted by atomic mass is 10.3. The van der Waals surface area contributed by atoms with Crippen molar-refractivity contribution in [3.05, 3.63) is 24.3 Å². The van der Waals surface area contributed by atoms with Crippen molar-refractivity contribution in [2.45, 2.75) is 19.4 Å². The number of rotatable bonds is 7. The first-order valence-electron chi connectivity index (χ1n) is 6.60. The molecule has 0 spiro atoms. The Morgan fingerprint density at radius 3 is 2.79 bits per heavy atom. The molecule has 19 heavy (non-hydrogen) atoms. The van der Waals surface area contributed by atoms with Gasteiger partial charge in [-0.2, -0.15) is 0 Å². The van der Waals surface area contributed by atoms with Crippen LogP contribution < -0.4 is 15.8 Å². The van der Waals surface area contributed by atoms with Crippen LogP contribution in [0.5, 0.6) is 5.75 Å². The van der Waals surface area contributed by atoms with Gasteiger partial charge in [0.2, 0.25) is 5.91 Å². The predicted octanol–water partition coefficient (Wildman–Crippen LogP) is 1.39. The van der Waals surface area contributed by atoms with E-state index in [4.69, 9.17) is 15.2 Å². The van der Waals surface area contributed by atoms with Gasteiger partial charge in [-0.1, -0.05) is 0 Å². The number of nitrogens with one attached hydrogen (secondary N) is 1. The van der Waals surface area contributed by atoms with Gasteiger partial charge in [0.25, 0.3) is 0 Å². The van der Waals surface area contributed by atoms with Gasteiger partial charge in [0.15, 0.2) is 0 Å². The van der Waals surface area contributed by atoms with Crippen LogP contribution >= 0.6 is 0 Å². The second-order valence-electron chi connectivity index (χ2n) is 4.49. The maximum atomic E-state index is 11.9. The molecule has 0 saturated heterocycles. The first-order chi connectivity index (χ1) is 9.24. The minimum absolute atomic E-state index is 0.00637. The highest BCUT2D eigenvalue weighted by atomic mass is 16.5. The maximum Gasteiger partial charge on any atom is 0.230 e. The molecule has 1 aromatic rings. The third kappa shape index (κ3) is 3.94. The van der Waals surface area contributed by atoms with E-state index >= 15 is 0 Å². The predicted molar refractivity (Wildman–Crippen MR) is 73.1 cm³/mol. The second kappa shape index (κ2) is 6.54. The lowest BCUT2D eigenvalue weighted by Gasteiger charge is -2.07. The lowest BCUT2D eigenvalue weighted by Crippen LogP contribution is -2.16. The summed E-state index contributed by atoms with van der Waals surface area (Å²) in [6.07, 6.45) is 0.911. The number of hydrogen-bond donors (Lipinski definition) is 2. The quantitative estimate of drug-likeness (QED) is 0.780. The summed E-state index contributed by atoms with van der Waals surface area (Å²) in [5.74, 6) is 0.768. The Kier molecular flexibility index (Phi) is 4.76. The van der Waals surface area contributed by atoms with Gasteiger partial charge in [0.1, 0.15) is 12.4 Å². The molecule has 1 saturated carbocycles. The minimum Gasteiger partial charge on any atom is -0.492 e. The van der Waals surface area contributed by atoms with Crippen molar-refractivity contribution in [1.29, 1.82) is 0 Å². The third-order valence-corrected chi connectivity index (χ3v) is 2.96. The fourth-order valence-corrected chi connectivity index (χ4v) is 1.89. The van der Waals surface area contributed by atoms with Gasteiger partial charge in [-0.3, -0.25) is 4.79 Å². The molecule has 0 heterocycles. The molecular formula is C14H20N2O3. The molecule has 5 nitrogen and oxygen atoms in total. The van der Waals surface area contributed by atoms with Crippen molar-refractivity contribution in [3.63, 3.8) is 0 Å². The topological polar surface area (TPSA) is 73.6 Å². The molecule has 2 unspecified atom stereocenters. The Hall–Kier alpha value is -1.59. The molecular weight excluding hydrogens is 244 g/mol. The number of nitrogens with two attached hydrogens (primary N) is 1. The van der Waals surface area contributed by atoms with Crippen LogP contribution in [0.3, 0.4) is 0 Å². The van der Waals surface area contributed by atoms with Gasteiger partial charge in [0.05, 0.1) is 12.0 Å². The first kappa shape index (κ1) is 13.8. The highest BCUT2D eigenvalue weighted by molar-refractivity contribution is 5.94. The van der Waals surface area contributed by atoms with E-state index in [1.807, 2.05) is 31.2 Å². The zero-order valence-corrected chi connectivity index (χ0v) is 11.1. The van der Waals surface area contributed by atoms with Gasteiger partial charge < -0.3 is 20.5 Å². The number of hydrogen-bond acceptors (Lipinski definition) is 4. The number of anilines is 1. The number of carbonyl (C=O) groups excluding carboxylic acids is 1. The zero-order valence-electron chi connectivity index (χ0n) is 11.1. The summed E-state index contributed by atoms with van der Waals surface area (Å²) in [6.45, 7) is 3.57. The molecule has 3 N–H and O–H groups in total. The first-order valence-corrected chi connectivity index (χ1v) is 6.60. The van der Waals surface area contributed by atoms with E-state index in [1.54, 1.807) is 0 Å². The molecule has 1 fully saturated rings. The summed E-state index contributed by atoms with van der Waals surface area (Å²) < 4.78 is 10.8. The summed E-state index contributed by atoms with van der Waals surface area (Å²) in [6, 6.07) is 7.28. The van der Waals surface area contributed by atoms with Gasteiger partial charge in [-0.25, -0.2) is 0 Å². The number of carbonyl (C=O) groups is 1. The highest BCUT2D eigenvalue weighted by Crippen LogP contribution is 2.34. The average molecular weight is 264 g/mol. The molecule has 0 aromatic heterocycles. The molecule has 1 aliphatic rings. The van der Waals surface area contributed by atoms with Crippen molar-refractivity contribution >= 4 is 11.6 Å². The van der Waals surface area contributed by atoms with Crippen molar-refractivity contribution < 1.29 is 14.3 Å². The molecule has 2 rings (SSSR count). The fraction of sp³-hybridized carbons (Fsp3) is 0.500. The molecule has 104 valence electrons. The summed E-state index contributed by atoms with van der Waals surface area (Å²) >= 11 is 0. The molecule has 0 radical (unpaired) electrons. The van der Waals surface area contributed by atoms with E-state index in [9.17, 15) is 4.79 Å². The van der Waals surface area contributed by atoms with Crippen LogP contribution in [-0.2, 0) is 9.53 Å². The molecule has 1 aliphatic carbocycles. The zero-order chi connectivity index (χ0) is 13.7. The van der Waals surface area contributed by atoms with E-state index < -0.39 is 0 Å². The van der Waals surface area contributed by atoms with Crippen molar-refractivity contribution in [2.75, 3.05) is 25.1 Å². The fourth-order valence-electron chi connectivity index (χ4n) is 1.89. The Labute approximate surface area is 113 Å². The molecule has 1 amide bonds. The van der Waals surface area contributed by atoms with Crippen LogP contribution in [0, 0.1) is 5.92 Å². The summed E-state index contributed by atoms with van der Waals surface area (Å²) in [5.41, 5.74) is 6.13. The van der Waals surface area contributed by atoms with E-state index in [1.165, 1.54) is 0 Å². The van der Waals surface area contributed by atoms with Crippen molar-refractivity contribution in [3.8, 4) is 5.75 Å². The largest absolute Gasteiger partial charge is 0.492 e. The molecule has 0 aliphatic heterocycles. The van der Waals surface area contributed by atoms with Crippen LogP contribution in [0.4, 0.5) is 5.69 Å². The van der Waals surface area contributed by atoms with Gasteiger partial charge in [-0.15, -0.1) is 0 Å².